The van der Waals surface area contributed by atoms with Gasteiger partial charge in [-0.3, -0.25) is 0 Å². The summed E-state index contributed by atoms with van der Waals surface area (Å²) in [6, 6.07) is 20.7. The number of imidazole rings is 1. The van der Waals surface area contributed by atoms with Crippen molar-refractivity contribution in [2.75, 3.05) is 0 Å². The number of hydrogen-bond donors (Lipinski definition) is 2. The van der Waals surface area contributed by atoms with E-state index in [4.69, 9.17) is 0 Å². The quantitative estimate of drug-likeness (QED) is 0.476. The lowest BCUT2D eigenvalue weighted by Gasteiger charge is -2.02. The fourth-order valence-electron chi connectivity index (χ4n) is 2.64. The number of phenolic OH excluding ortho intramolecular Hbond substituents is 1. The van der Waals surface area contributed by atoms with Crippen LogP contribution in [0.1, 0.15) is 5.56 Å². The fraction of sp³-hybridized carbons (Fsp3) is 0.0500. The van der Waals surface area contributed by atoms with E-state index < -0.39 is 0 Å². The molecule has 5 nitrogen and oxygen atoms in total. The maximum atomic E-state index is 10.2. The summed E-state index contributed by atoms with van der Waals surface area (Å²) in [5.41, 5.74) is 4.89. The predicted octanol–water partition coefficient (Wildman–Crippen LogP) is 5.66. The Labute approximate surface area is 144 Å². The fourth-order valence-corrected chi connectivity index (χ4v) is 2.64. The number of nitrogens with zero attached hydrogens (tertiary/aromatic N) is 3. The summed E-state index contributed by atoms with van der Waals surface area (Å²) in [6.07, 6.45) is 0. The van der Waals surface area contributed by atoms with E-state index in [1.165, 1.54) is 0 Å². The summed E-state index contributed by atoms with van der Waals surface area (Å²) in [5.74, 6) is 0.750. The number of nitrogens with one attached hydrogen (secondary N) is 1. The van der Waals surface area contributed by atoms with Gasteiger partial charge in [0.2, 0.25) is 0 Å². The molecule has 0 unspecified atom stereocenters. The van der Waals surface area contributed by atoms with E-state index in [1.807, 2.05) is 55.5 Å². The SMILES string of the molecule is Cc1ccccc1N=Nc1ccc(O)c(-c2nc3ccccc3[nH]2)c1. The molecule has 4 aromatic rings. The Kier molecular flexibility index (Phi) is 3.74. The lowest BCUT2D eigenvalue weighted by molar-refractivity contribution is 0.477. The average Bonchev–Trinajstić information content (AvgIpc) is 3.06. The number of hydrogen-bond acceptors (Lipinski definition) is 4. The molecule has 0 saturated heterocycles. The van der Waals surface area contributed by atoms with Crippen LogP contribution in [0.2, 0.25) is 0 Å². The van der Waals surface area contributed by atoms with E-state index in [0.29, 0.717) is 17.1 Å². The molecule has 2 N–H and O–H groups in total. The van der Waals surface area contributed by atoms with Crippen LogP contribution in [-0.2, 0) is 0 Å². The first-order chi connectivity index (χ1) is 12.2. The highest BCUT2D eigenvalue weighted by atomic mass is 16.3. The largest absolute Gasteiger partial charge is 0.507 e. The number of aromatic nitrogens is 2. The first-order valence-electron chi connectivity index (χ1n) is 7.96. The van der Waals surface area contributed by atoms with Crippen LogP contribution in [0.3, 0.4) is 0 Å². The van der Waals surface area contributed by atoms with Crippen LogP contribution in [0.4, 0.5) is 11.4 Å². The Bertz CT molecular complexity index is 1050. The van der Waals surface area contributed by atoms with Crippen molar-refractivity contribution >= 4 is 22.4 Å². The van der Waals surface area contributed by atoms with Gasteiger partial charge in [0.25, 0.3) is 0 Å². The second kappa shape index (κ2) is 6.20. The number of H-pyrrole nitrogens is 1. The Morgan fingerprint density at radius 1 is 0.920 bits per heavy atom. The van der Waals surface area contributed by atoms with E-state index in [9.17, 15) is 5.11 Å². The van der Waals surface area contributed by atoms with Gasteiger partial charge >= 0.3 is 0 Å². The Balaban J connectivity index is 1.72. The molecule has 0 aliphatic carbocycles. The monoisotopic (exact) mass is 328 g/mol. The molecule has 0 atom stereocenters. The van der Waals surface area contributed by atoms with Crippen molar-refractivity contribution < 1.29 is 5.11 Å². The molecule has 0 aliphatic heterocycles. The van der Waals surface area contributed by atoms with Gasteiger partial charge in [-0.25, -0.2) is 4.98 Å². The molecule has 5 heteroatoms. The van der Waals surface area contributed by atoms with Crippen LogP contribution < -0.4 is 0 Å². The van der Waals surface area contributed by atoms with E-state index in [1.54, 1.807) is 18.2 Å². The summed E-state index contributed by atoms with van der Waals surface area (Å²) in [4.78, 5) is 7.75. The van der Waals surface area contributed by atoms with Gasteiger partial charge in [-0.1, -0.05) is 30.3 Å². The third-order valence-corrected chi connectivity index (χ3v) is 4.01. The second-order valence-electron chi connectivity index (χ2n) is 5.79. The lowest BCUT2D eigenvalue weighted by Crippen LogP contribution is -1.81. The van der Waals surface area contributed by atoms with Gasteiger partial charge in [-0.2, -0.15) is 10.2 Å². The maximum absolute atomic E-state index is 10.2. The van der Waals surface area contributed by atoms with E-state index in [-0.39, 0.29) is 5.75 Å². The molecule has 3 aromatic carbocycles. The number of phenols is 1. The van der Waals surface area contributed by atoms with Crippen LogP contribution in [0.25, 0.3) is 22.4 Å². The van der Waals surface area contributed by atoms with Crippen LogP contribution in [0, 0.1) is 6.92 Å². The van der Waals surface area contributed by atoms with E-state index in [2.05, 4.69) is 20.2 Å². The van der Waals surface area contributed by atoms with Crippen molar-refractivity contribution in [2.45, 2.75) is 6.92 Å². The first-order valence-corrected chi connectivity index (χ1v) is 7.96. The lowest BCUT2D eigenvalue weighted by atomic mass is 10.1. The van der Waals surface area contributed by atoms with Crippen molar-refractivity contribution in [1.82, 2.24) is 9.97 Å². The molecule has 0 amide bonds. The summed E-state index contributed by atoms with van der Waals surface area (Å²) >= 11 is 0. The number of aryl methyl sites for hydroxylation is 1. The number of aromatic amines is 1. The van der Waals surface area contributed by atoms with Gasteiger partial charge < -0.3 is 10.1 Å². The minimum Gasteiger partial charge on any atom is -0.507 e. The number of benzene rings is 3. The van der Waals surface area contributed by atoms with Gasteiger partial charge in [-0.05, 0) is 48.9 Å². The molecule has 0 saturated carbocycles. The van der Waals surface area contributed by atoms with Gasteiger partial charge in [-0.15, -0.1) is 0 Å². The molecule has 1 aromatic heterocycles. The summed E-state index contributed by atoms with van der Waals surface area (Å²) in [7, 11) is 0. The highest BCUT2D eigenvalue weighted by Gasteiger charge is 2.10. The summed E-state index contributed by atoms with van der Waals surface area (Å²) < 4.78 is 0. The number of para-hydroxylation sites is 2. The molecule has 0 spiro atoms. The Morgan fingerprint density at radius 3 is 2.56 bits per heavy atom. The molecule has 25 heavy (non-hydrogen) atoms. The van der Waals surface area contributed by atoms with Crippen LogP contribution >= 0.6 is 0 Å². The topological polar surface area (TPSA) is 73.6 Å². The molecule has 0 bridgehead atoms. The third kappa shape index (κ3) is 2.99. The third-order valence-electron chi connectivity index (χ3n) is 4.01. The van der Waals surface area contributed by atoms with Crippen LogP contribution in [0.5, 0.6) is 5.75 Å². The number of aromatic hydroxyl groups is 1. The van der Waals surface area contributed by atoms with Crippen molar-refractivity contribution in [3.05, 3.63) is 72.3 Å². The van der Waals surface area contributed by atoms with Crippen molar-refractivity contribution in [1.29, 1.82) is 0 Å². The highest BCUT2D eigenvalue weighted by Crippen LogP contribution is 2.33. The Hall–Kier alpha value is -3.47. The molecular weight excluding hydrogens is 312 g/mol. The van der Waals surface area contributed by atoms with Crippen molar-refractivity contribution in [2.24, 2.45) is 10.2 Å². The summed E-state index contributed by atoms with van der Waals surface area (Å²) in [6.45, 7) is 1.99. The van der Waals surface area contributed by atoms with Crippen molar-refractivity contribution in [3.8, 4) is 17.1 Å². The predicted molar refractivity (Wildman–Crippen MR) is 98.5 cm³/mol. The maximum Gasteiger partial charge on any atom is 0.142 e. The standard InChI is InChI=1S/C20H16N4O/c1-13-6-2-3-7-16(13)24-23-14-10-11-19(25)15(12-14)20-21-17-8-4-5-9-18(17)22-20/h2-12,25H,1H3,(H,21,22). The zero-order valence-corrected chi connectivity index (χ0v) is 13.6. The summed E-state index contributed by atoms with van der Waals surface area (Å²) in [5, 5.41) is 18.8. The minimum atomic E-state index is 0.147. The normalized spacial score (nSPS) is 11.4. The smallest absolute Gasteiger partial charge is 0.142 e. The van der Waals surface area contributed by atoms with E-state index in [0.717, 1.165) is 22.3 Å². The second-order valence-corrected chi connectivity index (χ2v) is 5.79. The highest BCUT2D eigenvalue weighted by molar-refractivity contribution is 5.81. The minimum absolute atomic E-state index is 0.147. The van der Waals surface area contributed by atoms with Gasteiger partial charge in [0.15, 0.2) is 0 Å². The number of rotatable bonds is 3. The molecule has 1 heterocycles. The molecule has 0 fully saturated rings. The van der Waals surface area contributed by atoms with Crippen molar-refractivity contribution in [3.63, 3.8) is 0 Å². The first kappa shape index (κ1) is 15.1. The van der Waals surface area contributed by atoms with Gasteiger partial charge in [0.1, 0.15) is 11.6 Å². The average molecular weight is 328 g/mol. The zero-order valence-electron chi connectivity index (χ0n) is 13.6. The molecular formula is C20H16N4O. The van der Waals surface area contributed by atoms with Crippen LogP contribution in [0.15, 0.2) is 77.0 Å². The molecule has 0 aliphatic rings. The molecule has 0 radical (unpaired) electrons. The zero-order chi connectivity index (χ0) is 17.2. The number of azo groups is 1. The van der Waals surface area contributed by atoms with Crippen LogP contribution in [-0.4, -0.2) is 15.1 Å². The van der Waals surface area contributed by atoms with E-state index >= 15 is 0 Å². The number of fused-ring (bicyclic) bond motifs is 1. The molecule has 4 rings (SSSR count). The Morgan fingerprint density at radius 2 is 1.72 bits per heavy atom. The van der Waals surface area contributed by atoms with Gasteiger partial charge in [0.05, 0.1) is 28.0 Å². The van der Waals surface area contributed by atoms with Gasteiger partial charge in [0, 0.05) is 0 Å². The molecule has 122 valence electrons.